The first-order valence-electron chi connectivity index (χ1n) is 5.29. The summed E-state index contributed by atoms with van der Waals surface area (Å²) in [6.45, 7) is 6.39. The predicted octanol–water partition coefficient (Wildman–Crippen LogP) is 4.21. The summed E-state index contributed by atoms with van der Waals surface area (Å²) in [5.74, 6) is 0.936. The van der Waals surface area contributed by atoms with Gasteiger partial charge >= 0.3 is 0 Å². The van der Waals surface area contributed by atoms with Gasteiger partial charge in [-0.1, -0.05) is 24.3 Å². The summed E-state index contributed by atoms with van der Waals surface area (Å²) in [5, 5.41) is 5.75. The monoisotopic (exact) mass is 278 g/mol. The molecular weight excluding hydrogens is 264 g/mol. The fourth-order valence-electron chi connectivity index (χ4n) is 1.61. The predicted molar refractivity (Wildman–Crippen MR) is 72.8 cm³/mol. The molecule has 1 aromatic heterocycles. The normalized spacial score (nSPS) is 11.8. The Morgan fingerprint density at radius 1 is 1.12 bits per heavy atom. The van der Waals surface area contributed by atoms with Gasteiger partial charge in [0.2, 0.25) is 0 Å². The first-order chi connectivity index (χ1) is 7.47. The van der Waals surface area contributed by atoms with E-state index in [1.807, 2.05) is 18.3 Å². The topological polar surface area (TPSA) is 24.9 Å². The molecule has 0 bridgehead atoms. The van der Waals surface area contributed by atoms with Gasteiger partial charge in [0, 0.05) is 27.0 Å². The van der Waals surface area contributed by atoms with Gasteiger partial charge in [0.05, 0.1) is 0 Å². The van der Waals surface area contributed by atoms with Crippen LogP contribution in [-0.4, -0.2) is 10.5 Å². The number of hydrogen-bond donors (Lipinski definition) is 1. The number of halogens is 1. The van der Waals surface area contributed by atoms with Crippen LogP contribution in [0, 0.1) is 0 Å². The third-order valence-corrected chi connectivity index (χ3v) is 2.87. The highest BCUT2D eigenvalue weighted by Gasteiger charge is 2.13. The smallest absolute Gasteiger partial charge is 0.134 e. The molecule has 0 radical (unpaired) electrons. The second kappa shape index (κ2) is 4.06. The van der Waals surface area contributed by atoms with Crippen molar-refractivity contribution >= 4 is 32.5 Å². The van der Waals surface area contributed by atoms with E-state index >= 15 is 0 Å². The van der Waals surface area contributed by atoms with Crippen LogP contribution in [0.3, 0.4) is 0 Å². The molecule has 0 spiro atoms. The van der Waals surface area contributed by atoms with Gasteiger partial charge in [-0.2, -0.15) is 0 Å². The molecule has 2 nitrogen and oxygen atoms in total. The molecule has 2 aromatic rings. The first-order valence-corrected chi connectivity index (χ1v) is 6.08. The zero-order valence-corrected chi connectivity index (χ0v) is 11.3. The molecular formula is C13H15BrN2. The van der Waals surface area contributed by atoms with Crippen molar-refractivity contribution in [2.45, 2.75) is 26.3 Å². The van der Waals surface area contributed by atoms with Crippen LogP contribution in [0.15, 0.2) is 34.9 Å². The Kier molecular flexibility index (Phi) is 2.89. The molecule has 0 amide bonds. The third kappa shape index (κ3) is 2.35. The Labute approximate surface area is 104 Å². The molecule has 0 unspecified atom stereocenters. The van der Waals surface area contributed by atoms with Gasteiger partial charge in [0.15, 0.2) is 0 Å². The lowest BCUT2D eigenvalue weighted by Gasteiger charge is -2.22. The Hall–Kier alpha value is -1.09. The number of fused-ring (bicyclic) bond motifs is 1. The van der Waals surface area contributed by atoms with Crippen molar-refractivity contribution in [1.82, 2.24) is 4.98 Å². The van der Waals surface area contributed by atoms with Crippen LogP contribution >= 0.6 is 15.9 Å². The minimum Gasteiger partial charge on any atom is -0.365 e. The SMILES string of the molecule is CC(C)(C)Nc1ncc(Br)c2ccccc12. The number of hydrogen-bond acceptors (Lipinski definition) is 2. The summed E-state index contributed by atoms with van der Waals surface area (Å²) in [5.41, 5.74) is 0.0175. The fraction of sp³-hybridized carbons (Fsp3) is 0.308. The van der Waals surface area contributed by atoms with Gasteiger partial charge in [0.25, 0.3) is 0 Å². The van der Waals surface area contributed by atoms with Crippen LogP contribution in [0.5, 0.6) is 0 Å². The molecule has 3 heteroatoms. The Morgan fingerprint density at radius 3 is 2.38 bits per heavy atom. The highest BCUT2D eigenvalue weighted by atomic mass is 79.9. The zero-order chi connectivity index (χ0) is 11.8. The molecule has 1 N–H and O–H groups in total. The molecule has 0 saturated carbocycles. The van der Waals surface area contributed by atoms with Crippen LogP contribution < -0.4 is 5.32 Å². The van der Waals surface area contributed by atoms with E-state index in [0.717, 1.165) is 15.7 Å². The molecule has 0 aliphatic carbocycles. The quantitative estimate of drug-likeness (QED) is 0.845. The number of rotatable bonds is 1. The van der Waals surface area contributed by atoms with Crippen LogP contribution in [0.4, 0.5) is 5.82 Å². The van der Waals surface area contributed by atoms with Crippen molar-refractivity contribution in [3.05, 3.63) is 34.9 Å². The third-order valence-electron chi connectivity index (χ3n) is 2.24. The van der Waals surface area contributed by atoms with Crippen molar-refractivity contribution in [2.75, 3.05) is 5.32 Å². The number of anilines is 1. The zero-order valence-electron chi connectivity index (χ0n) is 9.71. The van der Waals surface area contributed by atoms with E-state index < -0.39 is 0 Å². The van der Waals surface area contributed by atoms with E-state index in [-0.39, 0.29) is 5.54 Å². The molecule has 2 rings (SSSR count). The summed E-state index contributed by atoms with van der Waals surface area (Å²) >= 11 is 3.52. The second-order valence-electron chi connectivity index (χ2n) is 4.88. The van der Waals surface area contributed by atoms with E-state index in [0.29, 0.717) is 0 Å². The maximum Gasteiger partial charge on any atom is 0.134 e. The van der Waals surface area contributed by atoms with Crippen molar-refractivity contribution in [3.8, 4) is 0 Å². The standard InChI is InChI=1S/C13H15BrN2/c1-13(2,3)16-12-10-7-5-4-6-9(10)11(14)8-15-12/h4-8H,1-3H3,(H,15,16). The lowest BCUT2D eigenvalue weighted by Crippen LogP contribution is -2.26. The molecule has 1 heterocycles. The van der Waals surface area contributed by atoms with Gasteiger partial charge in [0.1, 0.15) is 5.82 Å². The number of aromatic nitrogens is 1. The van der Waals surface area contributed by atoms with E-state index in [1.165, 1.54) is 5.39 Å². The van der Waals surface area contributed by atoms with Gasteiger partial charge in [-0.3, -0.25) is 0 Å². The minimum absolute atomic E-state index is 0.0175. The summed E-state index contributed by atoms with van der Waals surface area (Å²) in [6.07, 6.45) is 1.84. The molecule has 84 valence electrons. The molecule has 16 heavy (non-hydrogen) atoms. The summed E-state index contributed by atoms with van der Waals surface area (Å²) in [4.78, 5) is 4.43. The average molecular weight is 279 g/mol. The van der Waals surface area contributed by atoms with E-state index in [2.05, 4.69) is 59.1 Å². The maximum absolute atomic E-state index is 4.43. The van der Waals surface area contributed by atoms with Crippen LogP contribution in [0.1, 0.15) is 20.8 Å². The molecule has 0 fully saturated rings. The van der Waals surface area contributed by atoms with Crippen LogP contribution in [-0.2, 0) is 0 Å². The first kappa shape index (κ1) is 11.4. The Morgan fingerprint density at radius 2 is 1.75 bits per heavy atom. The van der Waals surface area contributed by atoms with Crippen molar-refractivity contribution in [3.63, 3.8) is 0 Å². The largest absolute Gasteiger partial charge is 0.365 e. The lowest BCUT2D eigenvalue weighted by atomic mass is 10.1. The van der Waals surface area contributed by atoms with E-state index in [1.54, 1.807) is 0 Å². The Bertz CT molecular complexity index is 515. The van der Waals surface area contributed by atoms with Gasteiger partial charge in [-0.05, 0) is 36.7 Å². The maximum atomic E-state index is 4.43. The molecule has 0 saturated heterocycles. The van der Waals surface area contributed by atoms with Gasteiger partial charge < -0.3 is 5.32 Å². The number of nitrogens with zero attached hydrogens (tertiary/aromatic N) is 1. The van der Waals surface area contributed by atoms with Crippen LogP contribution in [0.2, 0.25) is 0 Å². The van der Waals surface area contributed by atoms with Gasteiger partial charge in [-0.15, -0.1) is 0 Å². The van der Waals surface area contributed by atoms with E-state index in [9.17, 15) is 0 Å². The molecule has 1 aromatic carbocycles. The number of benzene rings is 1. The molecule has 0 atom stereocenters. The minimum atomic E-state index is 0.0175. The lowest BCUT2D eigenvalue weighted by molar-refractivity contribution is 0.631. The van der Waals surface area contributed by atoms with Crippen molar-refractivity contribution in [1.29, 1.82) is 0 Å². The summed E-state index contributed by atoms with van der Waals surface area (Å²) in [7, 11) is 0. The fourth-order valence-corrected chi connectivity index (χ4v) is 2.06. The van der Waals surface area contributed by atoms with Gasteiger partial charge in [-0.25, -0.2) is 4.98 Å². The van der Waals surface area contributed by atoms with Crippen molar-refractivity contribution < 1.29 is 0 Å². The average Bonchev–Trinajstić information content (AvgIpc) is 2.21. The summed E-state index contributed by atoms with van der Waals surface area (Å²) < 4.78 is 1.03. The number of nitrogens with one attached hydrogen (secondary N) is 1. The molecule has 0 aliphatic rings. The highest BCUT2D eigenvalue weighted by Crippen LogP contribution is 2.29. The highest BCUT2D eigenvalue weighted by molar-refractivity contribution is 9.10. The Balaban J connectivity index is 2.59. The number of pyridine rings is 1. The van der Waals surface area contributed by atoms with E-state index in [4.69, 9.17) is 0 Å². The van der Waals surface area contributed by atoms with Crippen molar-refractivity contribution in [2.24, 2.45) is 0 Å². The molecule has 0 aliphatic heterocycles. The van der Waals surface area contributed by atoms with Crippen LogP contribution in [0.25, 0.3) is 10.8 Å². The second-order valence-corrected chi connectivity index (χ2v) is 5.73. The summed E-state index contributed by atoms with van der Waals surface area (Å²) in [6, 6.07) is 8.24.